The summed E-state index contributed by atoms with van der Waals surface area (Å²) in [7, 11) is 0. The van der Waals surface area contributed by atoms with Crippen LogP contribution in [0.25, 0.3) is 0 Å². The molecule has 0 aromatic heterocycles. The molecule has 0 saturated carbocycles. The summed E-state index contributed by atoms with van der Waals surface area (Å²) in [6.45, 7) is 10.3. The van der Waals surface area contributed by atoms with E-state index in [9.17, 15) is 0 Å². The summed E-state index contributed by atoms with van der Waals surface area (Å²) in [6.07, 6.45) is 4.25. The Morgan fingerprint density at radius 2 is 1.88 bits per heavy atom. The van der Waals surface area contributed by atoms with Crippen LogP contribution in [-0.4, -0.2) is 12.1 Å². The Balaban J connectivity index is 2.33. The zero-order valence-electron chi connectivity index (χ0n) is 10.7. The molecule has 0 saturated heterocycles. The Labute approximate surface area is 99.6 Å². The van der Waals surface area contributed by atoms with Gasteiger partial charge in [-0.05, 0) is 39.2 Å². The van der Waals surface area contributed by atoms with Gasteiger partial charge in [-0.25, -0.2) is 0 Å². The fraction of sp³-hybridized carbons (Fsp3) is 0.467. The van der Waals surface area contributed by atoms with Crippen LogP contribution in [0.1, 0.15) is 31.4 Å². The molecular formula is C15H23N. The molecule has 0 aliphatic heterocycles. The summed E-state index contributed by atoms with van der Waals surface area (Å²) < 4.78 is 0. The fourth-order valence-corrected chi connectivity index (χ4v) is 1.74. The molecule has 0 spiro atoms. The lowest BCUT2D eigenvalue weighted by Gasteiger charge is -2.17. The third kappa shape index (κ3) is 4.63. The Bertz CT molecular complexity index is 313. The van der Waals surface area contributed by atoms with Crippen molar-refractivity contribution in [3.63, 3.8) is 0 Å². The summed E-state index contributed by atoms with van der Waals surface area (Å²) >= 11 is 0. The molecule has 0 bridgehead atoms. The molecule has 16 heavy (non-hydrogen) atoms. The first-order valence-corrected chi connectivity index (χ1v) is 6.06. The van der Waals surface area contributed by atoms with Crippen LogP contribution < -0.4 is 5.32 Å². The second-order valence-corrected chi connectivity index (χ2v) is 4.62. The molecule has 0 fully saturated rings. The molecule has 0 aliphatic carbocycles. The molecule has 0 radical (unpaired) electrons. The lowest BCUT2D eigenvalue weighted by Crippen LogP contribution is -2.33. The van der Waals surface area contributed by atoms with Gasteiger partial charge in [-0.3, -0.25) is 0 Å². The van der Waals surface area contributed by atoms with Crippen molar-refractivity contribution in [2.75, 3.05) is 0 Å². The Morgan fingerprint density at radius 3 is 2.44 bits per heavy atom. The van der Waals surface area contributed by atoms with E-state index < -0.39 is 0 Å². The number of aryl methyl sites for hydroxylation is 2. The molecule has 1 aromatic rings. The van der Waals surface area contributed by atoms with E-state index in [1.807, 2.05) is 6.08 Å². The van der Waals surface area contributed by atoms with Gasteiger partial charge in [0.05, 0.1) is 0 Å². The summed E-state index contributed by atoms with van der Waals surface area (Å²) in [5.74, 6) is 0. The number of hydrogen-bond donors (Lipinski definition) is 1. The lowest BCUT2D eigenvalue weighted by atomic mass is 10.0. The van der Waals surface area contributed by atoms with Crippen LogP contribution in [0.15, 0.2) is 36.9 Å². The summed E-state index contributed by atoms with van der Waals surface area (Å²) in [5, 5.41) is 3.49. The van der Waals surface area contributed by atoms with Crippen molar-refractivity contribution in [1.29, 1.82) is 0 Å². The lowest BCUT2D eigenvalue weighted by molar-refractivity contribution is 0.488. The summed E-state index contributed by atoms with van der Waals surface area (Å²) in [5.41, 5.74) is 2.75. The number of hydrogen-bond acceptors (Lipinski definition) is 1. The van der Waals surface area contributed by atoms with Crippen LogP contribution in [0, 0.1) is 6.92 Å². The van der Waals surface area contributed by atoms with Crippen molar-refractivity contribution in [2.45, 2.75) is 45.7 Å². The van der Waals surface area contributed by atoms with Crippen LogP contribution in [0.3, 0.4) is 0 Å². The maximum absolute atomic E-state index is 3.78. The van der Waals surface area contributed by atoms with Gasteiger partial charge in [-0.2, -0.15) is 0 Å². The Morgan fingerprint density at radius 1 is 1.25 bits per heavy atom. The molecular weight excluding hydrogens is 194 g/mol. The molecule has 0 aliphatic rings. The quantitative estimate of drug-likeness (QED) is 0.719. The van der Waals surface area contributed by atoms with Gasteiger partial charge < -0.3 is 5.32 Å². The van der Waals surface area contributed by atoms with Crippen molar-refractivity contribution in [2.24, 2.45) is 0 Å². The average molecular weight is 217 g/mol. The molecule has 1 rings (SSSR count). The molecule has 2 unspecified atom stereocenters. The highest BCUT2D eigenvalue weighted by atomic mass is 14.9. The van der Waals surface area contributed by atoms with E-state index in [0.717, 1.165) is 6.42 Å². The number of benzene rings is 1. The van der Waals surface area contributed by atoms with Gasteiger partial charge in [0, 0.05) is 12.1 Å². The van der Waals surface area contributed by atoms with E-state index in [1.54, 1.807) is 0 Å². The molecule has 1 N–H and O–H groups in total. The molecule has 88 valence electrons. The van der Waals surface area contributed by atoms with E-state index in [-0.39, 0.29) is 0 Å². The molecule has 0 amide bonds. The first kappa shape index (κ1) is 13.0. The van der Waals surface area contributed by atoms with Crippen molar-refractivity contribution in [1.82, 2.24) is 5.32 Å². The standard InChI is InChI=1S/C15H23N/c1-5-13(3)16-14(4)8-11-15-9-6-12(2)7-10-15/h5-7,9-10,13-14,16H,1,8,11H2,2-4H3. The molecule has 1 heteroatoms. The van der Waals surface area contributed by atoms with Gasteiger partial charge in [0.15, 0.2) is 0 Å². The highest BCUT2D eigenvalue weighted by Crippen LogP contribution is 2.07. The van der Waals surface area contributed by atoms with E-state index in [4.69, 9.17) is 0 Å². The molecule has 1 aromatic carbocycles. The minimum atomic E-state index is 0.396. The van der Waals surface area contributed by atoms with Gasteiger partial charge in [-0.15, -0.1) is 6.58 Å². The fourth-order valence-electron chi connectivity index (χ4n) is 1.74. The van der Waals surface area contributed by atoms with Gasteiger partial charge in [0.25, 0.3) is 0 Å². The normalized spacial score (nSPS) is 14.4. The first-order valence-electron chi connectivity index (χ1n) is 6.06. The predicted octanol–water partition coefficient (Wildman–Crippen LogP) is 3.48. The summed E-state index contributed by atoms with van der Waals surface area (Å²) in [4.78, 5) is 0. The van der Waals surface area contributed by atoms with Gasteiger partial charge in [0.2, 0.25) is 0 Å². The van der Waals surface area contributed by atoms with E-state index >= 15 is 0 Å². The minimum Gasteiger partial charge on any atom is -0.308 e. The SMILES string of the molecule is C=CC(C)NC(C)CCc1ccc(C)cc1. The van der Waals surface area contributed by atoms with E-state index in [0.29, 0.717) is 12.1 Å². The smallest absolute Gasteiger partial charge is 0.0221 e. The Kier molecular flexibility index (Phi) is 5.27. The van der Waals surface area contributed by atoms with Crippen LogP contribution in [0.4, 0.5) is 0 Å². The second kappa shape index (κ2) is 6.49. The third-order valence-corrected chi connectivity index (χ3v) is 2.89. The van der Waals surface area contributed by atoms with Crippen molar-refractivity contribution < 1.29 is 0 Å². The maximum atomic E-state index is 3.78. The minimum absolute atomic E-state index is 0.396. The van der Waals surface area contributed by atoms with Crippen molar-refractivity contribution >= 4 is 0 Å². The van der Waals surface area contributed by atoms with Crippen LogP contribution in [0.5, 0.6) is 0 Å². The molecule has 0 heterocycles. The average Bonchev–Trinajstić information content (AvgIpc) is 2.28. The van der Waals surface area contributed by atoms with E-state index in [1.165, 1.54) is 17.5 Å². The number of rotatable bonds is 6. The Hall–Kier alpha value is -1.08. The predicted molar refractivity (Wildman–Crippen MR) is 71.8 cm³/mol. The van der Waals surface area contributed by atoms with Gasteiger partial charge in [-0.1, -0.05) is 35.9 Å². The topological polar surface area (TPSA) is 12.0 Å². The highest BCUT2D eigenvalue weighted by molar-refractivity contribution is 5.21. The monoisotopic (exact) mass is 217 g/mol. The first-order chi connectivity index (χ1) is 7.61. The third-order valence-electron chi connectivity index (χ3n) is 2.89. The van der Waals surface area contributed by atoms with Crippen LogP contribution >= 0.6 is 0 Å². The summed E-state index contributed by atoms with van der Waals surface area (Å²) in [6, 6.07) is 9.74. The van der Waals surface area contributed by atoms with Crippen molar-refractivity contribution in [3.05, 3.63) is 48.0 Å². The molecule has 2 atom stereocenters. The van der Waals surface area contributed by atoms with Gasteiger partial charge >= 0.3 is 0 Å². The number of nitrogens with one attached hydrogen (secondary N) is 1. The van der Waals surface area contributed by atoms with Crippen LogP contribution in [0.2, 0.25) is 0 Å². The maximum Gasteiger partial charge on any atom is 0.0221 e. The zero-order chi connectivity index (χ0) is 12.0. The molecule has 1 nitrogen and oxygen atoms in total. The van der Waals surface area contributed by atoms with Gasteiger partial charge in [0.1, 0.15) is 0 Å². The second-order valence-electron chi connectivity index (χ2n) is 4.62. The largest absolute Gasteiger partial charge is 0.308 e. The highest BCUT2D eigenvalue weighted by Gasteiger charge is 2.04. The zero-order valence-corrected chi connectivity index (χ0v) is 10.7. The van der Waals surface area contributed by atoms with Crippen LogP contribution in [-0.2, 0) is 6.42 Å². The van der Waals surface area contributed by atoms with E-state index in [2.05, 4.69) is 56.9 Å². The van der Waals surface area contributed by atoms with Crippen molar-refractivity contribution in [3.8, 4) is 0 Å².